The minimum absolute atomic E-state index is 0.181. The van der Waals surface area contributed by atoms with E-state index in [2.05, 4.69) is 4.90 Å². The van der Waals surface area contributed by atoms with E-state index in [0.717, 1.165) is 45.6 Å². The molecular weight excluding hydrogens is 268 g/mol. The lowest BCUT2D eigenvalue weighted by molar-refractivity contribution is -0.139. The Labute approximate surface area is 125 Å². The second kappa shape index (κ2) is 6.54. The number of hydrogen-bond acceptors (Lipinski definition) is 4. The van der Waals surface area contributed by atoms with Crippen LogP contribution in [0.15, 0.2) is 24.3 Å². The Morgan fingerprint density at radius 1 is 1.24 bits per heavy atom. The smallest absolute Gasteiger partial charge is 0.253 e. The van der Waals surface area contributed by atoms with E-state index in [1.165, 1.54) is 11.0 Å². The highest BCUT2D eigenvalue weighted by molar-refractivity contribution is 6.05. The number of carbonyl (C=O) groups excluding carboxylic acids is 2. The van der Waals surface area contributed by atoms with E-state index in [1.54, 1.807) is 6.08 Å². The van der Waals surface area contributed by atoms with Gasteiger partial charge in [-0.05, 0) is 50.4 Å². The van der Waals surface area contributed by atoms with Crippen molar-refractivity contribution in [3.63, 3.8) is 0 Å². The fraction of sp³-hybridized carbons (Fsp3) is 0.625. The van der Waals surface area contributed by atoms with Crippen LogP contribution < -0.4 is 0 Å². The first-order valence-corrected chi connectivity index (χ1v) is 7.76. The summed E-state index contributed by atoms with van der Waals surface area (Å²) in [6, 6.07) is 0.606. The Morgan fingerprint density at radius 3 is 2.62 bits per heavy atom. The van der Waals surface area contributed by atoms with Crippen molar-refractivity contribution in [2.75, 3.05) is 32.8 Å². The highest BCUT2D eigenvalue weighted by Gasteiger charge is 2.29. The molecule has 21 heavy (non-hydrogen) atoms. The summed E-state index contributed by atoms with van der Waals surface area (Å²) >= 11 is 0. The predicted molar refractivity (Wildman–Crippen MR) is 78.5 cm³/mol. The Balaban J connectivity index is 1.47. The Morgan fingerprint density at radius 2 is 2.00 bits per heavy atom. The molecule has 0 bridgehead atoms. The molecule has 0 aliphatic carbocycles. The minimum atomic E-state index is -0.198. The summed E-state index contributed by atoms with van der Waals surface area (Å²) in [6.07, 6.45) is 9.78. The Kier molecular flexibility index (Phi) is 4.51. The minimum Gasteiger partial charge on any atom is -0.378 e. The van der Waals surface area contributed by atoms with Gasteiger partial charge in [0.05, 0.1) is 19.3 Å². The van der Waals surface area contributed by atoms with Crippen LogP contribution in [-0.4, -0.2) is 60.5 Å². The second-order valence-corrected chi connectivity index (χ2v) is 5.94. The molecule has 0 spiro atoms. The zero-order chi connectivity index (χ0) is 14.7. The zero-order valence-corrected chi connectivity index (χ0v) is 12.2. The summed E-state index contributed by atoms with van der Waals surface area (Å²) in [5.74, 6) is 0.0662. The molecule has 2 amide bonds. The van der Waals surface area contributed by atoms with Crippen molar-refractivity contribution in [3.05, 3.63) is 24.3 Å². The van der Waals surface area contributed by atoms with Crippen LogP contribution in [0.3, 0.4) is 0 Å². The first-order chi connectivity index (χ1) is 10.2. The molecule has 0 N–H and O–H groups in total. The van der Waals surface area contributed by atoms with Crippen molar-refractivity contribution >= 4 is 11.8 Å². The SMILES string of the molecule is O=C1C=CCCN1C(=O)C=CC1CCN(C2COC2)CC1. The summed E-state index contributed by atoms with van der Waals surface area (Å²) in [5.41, 5.74) is 0. The fourth-order valence-electron chi connectivity index (χ4n) is 3.03. The lowest BCUT2D eigenvalue weighted by atomic mass is 9.95. The molecular formula is C16H22N2O3. The monoisotopic (exact) mass is 290 g/mol. The van der Waals surface area contributed by atoms with Gasteiger partial charge in [0, 0.05) is 6.54 Å². The molecule has 2 fully saturated rings. The maximum absolute atomic E-state index is 12.0. The molecule has 0 atom stereocenters. The third-order valence-corrected chi connectivity index (χ3v) is 4.53. The molecule has 0 radical (unpaired) electrons. The topological polar surface area (TPSA) is 49.9 Å². The lowest BCUT2D eigenvalue weighted by Crippen LogP contribution is -2.51. The van der Waals surface area contributed by atoms with Gasteiger partial charge in [0.1, 0.15) is 0 Å². The molecule has 0 aromatic carbocycles. The third kappa shape index (κ3) is 3.41. The van der Waals surface area contributed by atoms with Crippen LogP contribution in [0.5, 0.6) is 0 Å². The van der Waals surface area contributed by atoms with E-state index in [9.17, 15) is 9.59 Å². The zero-order valence-electron chi connectivity index (χ0n) is 12.2. The van der Waals surface area contributed by atoms with Gasteiger partial charge in [0.2, 0.25) is 0 Å². The Hall–Kier alpha value is -1.46. The van der Waals surface area contributed by atoms with Crippen LogP contribution in [0.2, 0.25) is 0 Å². The standard InChI is InChI=1S/C16H22N2O3/c19-15-3-1-2-8-18(15)16(20)5-4-13-6-9-17(10-7-13)14-11-21-12-14/h1,3-5,13-14H,2,6-12H2. The Bertz CT molecular complexity index is 460. The summed E-state index contributed by atoms with van der Waals surface area (Å²) in [4.78, 5) is 27.4. The molecule has 0 aromatic heterocycles. The summed E-state index contributed by atoms with van der Waals surface area (Å²) in [7, 11) is 0. The molecule has 114 valence electrons. The number of imide groups is 1. The summed E-state index contributed by atoms with van der Waals surface area (Å²) < 4.78 is 5.23. The maximum Gasteiger partial charge on any atom is 0.253 e. The number of allylic oxidation sites excluding steroid dienone is 1. The van der Waals surface area contributed by atoms with Gasteiger partial charge < -0.3 is 4.74 Å². The van der Waals surface area contributed by atoms with Crippen LogP contribution in [0.1, 0.15) is 19.3 Å². The van der Waals surface area contributed by atoms with Gasteiger partial charge in [-0.2, -0.15) is 0 Å². The quantitative estimate of drug-likeness (QED) is 0.727. The third-order valence-electron chi connectivity index (χ3n) is 4.53. The average Bonchev–Trinajstić information content (AvgIpc) is 2.45. The average molecular weight is 290 g/mol. The van der Waals surface area contributed by atoms with Crippen molar-refractivity contribution in [3.8, 4) is 0 Å². The molecule has 5 heteroatoms. The van der Waals surface area contributed by atoms with Crippen LogP contribution in [0, 0.1) is 5.92 Å². The number of likely N-dealkylation sites (tertiary alicyclic amines) is 1. The molecule has 2 saturated heterocycles. The predicted octanol–water partition coefficient (Wildman–Crippen LogP) is 0.969. The van der Waals surface area contributed by atoms with Crippen LogP contribution in [-0.2, 0) is 14.3 Å². The number of ether oxygens (including phenoxy) is 1. The van der Waals surface area contributed by atoms with Gasteiger partial charge in [0.15, 0.2) is 0 Å². The first-order valence-electron chi connectivity index (χ1n) is 7.76. The van der Waals surface area contributed by atoms with Gasteiger partial charge in [-0.15, -0.1) is 0 Å². The van der Waals surface area contributed by atoms with Gasteiger partial charge in [-0.25, -0.2) is 0 Å². The summed E-state index contributed by atoms with van der Waals surface area (Å²) in [5, 5.41) is 0. The molecule has 3 rings (SSSR count). The normalized spacial score (nSPS) is 25.5. The highest BCUT2D eigenvalue weighted by Crippen LogP contribution is 2.22. The lowest BCUT2D eigenvalue weighted by Gasteiger charge is -2.41. The van der Waals surface area contributed by atoms with Crippen molar-refractivity contribution < 1.29 is 14.3 Å². The van der Waals surface area contributed by atoms with Crippen molar-refractivity contribution in [2.24, 2.45) is 5.92 Å². The number of nitrogens with zero attached hydrogens (tertiary/aromatic N) is 2. The van der Waals surface area contributed by atoms with Gasteiger partial charge in [-0.3, -0.25) is 19.4 Å². The van der Waals surface area contributed by atoms with E-state index in [0.29, 0.717) is 18.5 Å². The van der Waals surface area contributed by atoms with Crippen molar-refractivity contribution in [2.45, 2.75) is 25.3 Å². The maximum atomic E-state index is 12.0. The number of carbonyl (C=O) groups is 2. The second-order valence-electron chi connectivity index (χ2n) is 5.94. The number of piperidine rings is 1. The molecule has 3 aliphatic rings. The van der Waals surface area contributed by atoms with Crippen molar-refractivity contribution in [1.82, 2.24) is 9.80 Å². The number of amides is 2. The first kappa shape index (κ1) is 14.5. The summed E-state index contributed by atoms with van der Waals surface area (Å²) in [6.45, 7) is 4.37. The molecule has 3 heterocycles. The highest BCUT2D eigenvalue weighted by atomic mass is 16.5. The van der Waals surface area contributed by atoms with E-state index >= 15 is 0 Å². The van der Waals surface area contributed by atoms with Gasteiger partial charge >= 0.3 is 0 Å². The van der Waals surface area contributed by atoms with Crippen molar-refractivity contribution in [1.29, 1.82) is 0 Å². The molecule has 0 unspecified atom stereocenters. The molecule has 0 aromatic rings. The molecule has 0 saturated carbocycles. The van der Waals surface area contributed by atoms with E-state index in [-0.39, 0.29) is 11.8 Å². The van der Waals surface area contributed by atoms with E-state index < -0.39 is 0 Å². The van der Waals surface area contributed by atoms with Crippen LogP contribution in [0.4, 0.5) is 0 Å². The fourth-order valence-corrected chi connectivity index (χ4v) is 3.03. The van der Waals surface area contributed by atoms with E-state index in [1.807, 2.05) is 12.2 Å². The molecule has 5 nitrogen and oxygen atoms in total. The van der Waals surface area contributed by atoms with Gasteiger partial charge in [0.25, 0.3) is 11.8 Å². The largest absolute Gasteiger partial charge is 0.378 e. The number of rotatable bonds is 3. The van der Waals surface area contributed by atoms with E-state index in [4.69, 9.17) is 4.74 Å². The molecule has 3 aliphatic heterocycles. The van der Waals surface area contributed by atoms with Crippen LogP contribution >= 0.6 is 0 Å². The van der Waals surface area contributed by atoms with Crippen LogP contribution in [0.25, 0.3) is 0 Å². The number of hydrogen-bond donors (Lipinski definition) is 0. The van der Waals surface area contributed by atoms with Gasteiger partial charge in [-0.1, -0.05) is 12.2 Å².